The van der Waals surface area contributed by atoms with Gasteiger partial charge in [0, 0.05) is 23.6 Å². The predicted molar refractivity (Wildman–Crippen MR) is 167 cm³/mol. The molecule has 0 fully saturated rings. The van der Waals surface area contributed by atoms with Crippen molar-refractivity contribution in [1.29, 1.82) is 0 Å². The van der Waals surface area contributed by atoms with Crippen LogP contribution in [0.4, 0.5) is 0 Å². The minimum Gasteiger partial charge on any atom is -0.507 e. The zero-order valence-electron chi connectivity index (χ0n) is 24.3. The highest BCUT2D eigenvalue weighted by Crippen LogP contribution is 2.37. The number of phenols is 2. The molecule has 0 heterocycles. The molecule has 2 N–H and O–H groups in total. The van der Waals surface area contributed by atoms with Crippen molar-refractivity contribution in [1.82, 2.24) is 0 Å². The van der Waals surface area contributed by atoms with E-state index in [2.05, 4.69) is 41.5 Å². The fourth-order valence-corrected chi connectivity index (χ4v) is 4.56. The summed E-state index contributed by atoms with van der Waals surface area (Å²) in [7, 11) is 0. The molecule has 0 aliphatic heterocycles. The molecule has 0 aliphatic rings. The van der Waals surface area contributed by atoms with Gasteiger partial charge in [0.05, 0.1) is 0 Å². The van der Waals surface area contributed by atoms with Gasteiger partial charge in [0.2, 0.25) is 0 Å². The molecule has 206 valence electrons. The monoisotopic (exact) mass is 532 g/mol. The average Bonchev–Trinajstić information content (AvgIpc) is 2.91. The predicted octanol–water partition coefficient (Wildman–Crippen LogP) is 8.71. The van der Waals surface area contributed by atoms with Crippen LogP contribution >= 0.6 is 0 Å². The Morgan fingerprint density at radius 3 is 1.18 bits per heavy atom. The highest BCUT2D eigenvalue weighted by atomic mass is 16.3. The van der Waals surface area contributed by atoms with Crippen LogP contribution in [0.5, 0.6) is 11.5 Å². The van der Waals surface area contributed by atoms with Gasteiger partial charge in [0.1, 0.15) is 23.6 Å². The Kier molecular flexibility index (Phi) is 8.58. The molecule has 0 saturated heterocycles. The lowest BCUT2D eigenvalue weighted by Gasteiger charge is -2.23. The summed E-state index contributed by atoms with van der Waals surface area (Å²) in [6.45, 7) is 12.7. The van der Waals surface area contributed by atoms with Gasteiger partial charge in [-0.05, 0) is 57.3 Å². The number of aliphatic imine (C=N–C) groups is 2. The standard InChI is InChI=1S/C36H40N2O2/c1-35(2,3)29-19-17-27(31(39)21-29)23-37-33(25-13-9-7-10-14-25)34(26-15-11-8-12-16-26)38-24-28-18-20-30(22-32(28)40)36(4,5)6/h7-24,33-34,39-40H,1-6H3. The highest BCUT2D eigenvalue weighted by Gasteiger charge is 2.24. The second-order valence-corrected chi connectivity index (χ2v) is 12.3. The molecule has 0 saturated carbocycles. The van der Waals surface area contributed by atoms with Gasteiger partial charge < -0.3 is 10.2 Å². The SMILES string of the molecule is CC(C)(C)c1ccc(C=NC(c2ccccc2)C(N=Cc2ccc(C(C)(C)C)cc2O)c2ccccc2)c(O)c1. The minimum absolute atomic E-state index is 0.0660. The summed E-state index contributed by atoms with van der Waals surface area (Å²) in [6.07, 6.45) is 3.47. The normalized spacial score (nSPS) is 14.1. The molecule has 2 unspecified atom stereocenters. The lowest BCUT2D eigenvalue weighted by Crippen LogP contribution is -2.11. The van der Waals surface area contributed by atoms with Gasteiger partial charge >= 0.3 is 0 Å². The van der Waals surface area contributed by atoms with E-state index in [9.17, 15) is 10.2 Å². The molecule has 0 bridgehead atoms. The third-order valence-corrected chi connectivity index (χ3v) is 7.12. The van der Waals surface area contributed by atoms with Crippen molar-refractivity contribution in [3.05, 3.63) is 130 Å². The van der Waals surface area contributed by atoms with Crippen LogP contribution in [-0.4, -0.2) is 22.6 Å². The smallest absolute Gasteiger partial charge is 0.124 e. The molecular formula is C36H40N2O2. The van der Waals surface area contributed by atoms with Gasteiger partial charge in [-0.15, -0.1) is 0 Å². The number of phenolic OH excluding ortho intramolecular Hbond substituents is 2. The van der Waals surface area contributed by atoms with Gasteiger partial charge in [0.25, 0.3) is 0 Å². The maximum absolute atomic E-state index is 10.8. The minimum atomic E-state index is -0.363. The molecule has 4 heteroatoms. The van der Waals surface area contributed by atoms with Gasteiger partial charge in [-0.25, -0.2) is 0 Å². The lowest BCUT2D eigenvalue weighted by atomic mass is 9.86. The highest BCUT2D eigenvalue weighted by molar-refractivity contribution is 5.85. The van der Waals surface area contributed by atoms with Crippen LogP contribution in [0.2, 0.25) is 0 Å². The Labute approximate surface area is 238 Å². The maximum atomic E-state index is 10.8. The number of benzene rings is 4. The van der Waals surface area contributed by atoms with Crippen molar-refractivity contribution in [2.75, 3.05) is 0 Å². The number of hydrogen-bond donors (Lipinski definition) is 2. The Hall–Kier alpha value is -4.18. The van der Waals surface area contributed by atoms with E-state index in [0.717, 1.165) is 22.3 Å². The first-order valence-corrected chi connectivity index (χ1v) is 13.8. The summed E-state index contributed by atoms with van der Waals surface area (Å²) in [5.74, 6) is 0.401. The number of hydrogen-bond acceptors (Lipinski definition) is 4. The first-order chi connectivity index (χ1) is 18.9. The Balaban J connectivity index is 1.77. The van der Waals surface area contributed by atoms with Crippen molar-refractivity contribution in [3.63, 3.8) is 0 Å². The van der Waals surface area contributed by atoms with Gasteiger partial charge in [0.15, 0.2) is 0 Å². The van der Waals surface area contributed by atoms with E-state index in [0.29, 0.717) is 11.1 Å². The van der Waals surface area contributed by atoms with Crippen LogP contribution < -0.4 is 0 Å². The first-order valence-electron chi connectivity index (χ1n) is 13.8. The Bertz CT molecular complexity index is 1360. The summed E-state index contributed by atoms with van der Waals surface area (Å²) in [5, 5.41) is 21.6. The van der Waals surface area contributed by atoms with Crippen LogP contribution in [0, 0.1) is 0 Å². The van der Waals surface area contributed by atoms with E-state index in [-0.39, 0.29) is 34.4 Å². The third-order valence-electron chi connectivity index (χ3n) is 7.12. The summed E-state index contributed by atoms with van der Waals surface area (Å²) >= 11 is 0. The zero-order chi connectivity index (χ0) is 28.9. The molecule has 0 amide bonds. The van der Waals surface area contributed by atoms with Crippen LogP contribution in [0.3, 0.4) is 0 Å². The lowest BCUT2D eigenvalue weighted by molar-refractivity contribution is 0.469. The van der Waals surface area contributed by atoms with E-state index >= 15 is 0 Å². The van der Waals surface area contributed by atoms with E-state index < -0.39 is 0 Å². The molecule has 4 aromatic rings. The number of aromatic hydroxyl groups is 2. The molecule has 40 heavy (non-hydrogen) atoms. The van der Waals surface area contributed by atoms with Gasteiger partial charge in [-0.1, -0.05) is 114 Å². The quantitative estimate of drug-likeness (QED) is 0.234. The van der Waals surface area contributed by atoms with Crippen LogP contribution in [0.1, 0.15) is 87.0 Å². The largest absolute Gasteiger partial charge is 0.507 e. The number of nitrogens with zero attached hydrogens (tertiary/aromatic N) is 2. The summed E-state index contributed by atoms with van der Waals surface area (Å²) in [6, 6.07) is 30.9. The molecule has 2 atom stereocenters. The second-order valence-electron chi connectivity index (χ2n) is 12.3. The Morgan fingerprint density at radius 1 is 0.525 bits per heavy atom. The van der Waals surface area contributed by atoms with Crippen molar-refractivity contribution < 1.29 is 10.2 Å². The fraction of sp³-hybridized carbons (Fsp3) is 0.278. The molecule has 4 rings (SSSR count). The second kappa shape index (κ2) is 11.9. The molecule has 4 nitrogen and oxygen atoms in total. The molecule has 0 aromatic heterocycles. The molecule has 0 spiro atoms. The van der Waals surface area contributed by atoms with Crippen molar-refractivity contribution in [3.8, 4) is 11.5 Å². The third kappa shape index (κ3) is 7.06. The summed E-state index contributed by atoms with van der Waals surface area (Å²) < 4.78 is 0. The van der Waals surface area contributed by atoms with Crippen molar-refractivity contribution in [2.45, 2.75) is 64.5 Å². The maximum Gasteiger partial charge on any atom is 0.124 e. The van der Waals surface area contributed by atoms with Crippen LogP contribution in [0.15, 0.2) is 107 Å². The van der Waals surface area contributed by atoms with Crippen molar-refractivity contribution >= 4 is 12.4 Å². The fourth-order valence-electron chi connectivity index (χ4n) is 4.56. The van der Waals surface area contributed by atoms with E-state index in [1.807, 2.05) is 97.1 Å². The molecule has 4 aromatic carbocycles. The molecule has 0 aliphatic carbocycles. The van der Waals surface area contributed by atoms with E-state index in [1.54, 1.807) is 12.4 Å². The number of rotatable bonds is 7. The Morgan fingerprint density at radius 2 is 0.875 bits per heavy atom. The average molecular weight is 533 g/mol. The zero-order valence-corrected chi connectivity index (χ0v) is 24.3. The van der Waals surface area contributed by atoms with E-state index in [1.165, 1.54) is 0 Å². The first kappa shape index (κ1) is 28.8. The van der Waals surface area contributed by atoms with Gasteiger partial charge in [-0.2, -0.15) is 0 Å². The molecule has 0 radical (unpaired) electrons. The summed E-state index contributed by atoms with van der Waals surface area (Å²) in [5.41, 5.74) is 5.30. The molecular weight excluding hydrogens is 492 g/mol. The topological polar surface area (TPSA) is 65.2 Å². The van der Waals surface area contributed by atoms with Crippen LogP contribution in [0.25, 0.3) is 0 Å². The van der Waals surface area contributed by atoms with Crippen LogP contribution in [-0.2, 0) is 10.8 Å². The van der Waals surface area contributed by atoms with E-state index in [4.69, 9.17) is 9.98 Å². The van der Waals surface area contributed by atoms with Crippen molar-refractivity contribution in [2.24, 2.45) is 9.98 Å². The van der Waals surface area contributed by atoms with Gasteiger partial charge in [-0.3, -0.25) is 9.98 Å². The summed E-state index contributed by atoms with van der Waals surface area (Å²) in [4.78, 5) is 10.0.